The Hall–Kier alpha value is -4.05. The molecule has 2 aromatic heterocycles. The van der Waals surface area contributed by atoms with Gasteiger partial charge >= 0.3 is 0 Å². The van der Waals surface area contributed by atoms with Crippen LogP contribution in [0.15, 0.2) is 84.1 Å². The fourth-order valence-electron chi connectivity index (χ4n) is 3.06. The van der Waals surface area contributed by atoms with Gasteiger partial charge in [0.1, 0.15) is 5.82 Å². The van der Waals surface area contributed by atoms with E-state index in [1.54, 1.807) is 48.4 Å². The second-order valence-electron chi connectivity index (χ2n) is 7.31. The second-order valence-corrected chi connectivity index (χ2v) is 8.99. The van der Waals surface area contributed by atoms with Crippen LogP contribution in [0.1, 0.15) is 21.5 Å². The predicted octanol–water partition coefficient (Wildman–Crippen LogP) is 3.83. The molecule has 1 amide bonds. The van der Waals surface area contributed by atoms with Crippen molar-refractivity contribution in [3.05, 3.63) is 102 Å². The van der Waals surface area contributed by atoms with Crippen molar-refractivity contribution in [3.8, 4) is 0 Å². The lowest BCUT2D eigenvalue weighted by Gasteiger charge is -2.10. The van der Waals surface area contributed by atoms with Gasteiger partial charge in [-0.15, -0.1) is 0 Å². The van der Waals surface area contributed by atoms with Gasteiger partial charge in [0, 0.05) is 35.9 Å². The first-order chi connectivity index (χ1) is 15.8. The molecule has 2 aromatic carbocycles. The predicted molar refractivity (Wildman–Crippen MR) is 122 cm³/mol. The quantitative estimate of drug-likeness (QED) is 0.432. The third kappa shape index (κ3) is 5.42. The van der Waals surface area contributed by atoms with E-state index in [1.165, 1.54) is 24.3 Å². The Morgan fingerprint density at radius 3 is 2.70 bits per heavy atom. The summed E-state index contributed by atoms with van der Waals surface area (Å²) < 4.78 is 43.0. The van der Waals surface area contributed by atoms with E-state index in [0.29, 0.717) is 17.9 Å². The van der Waals surface area contributed by atoms with E-state index in [2.05, 4.69) is 20.1 Å². The zero-order chi connectivity index (χ0) is 23.4. The summed E-state index contributed by atoms with van der Waals surface area (Å²) in [5, 5.41) is 7.00. The summed E-state index contributed by atoms with van der Waals surface area (Å²) in [6.07, 6.45) is 5.15. The van der Waals surface area contributed by atoms with Gasteiger partial charge in [-0.2, -0.15) is 5.10 Å². The number of carbonyl (C=O) groups is 1. The Bertz CT molecular complexity index is 1400. The highest BCUT2D eigenvalue weighted by Gasteiger charge is 2.17. The van der Waals surface area contributed by atoms with Crippen LogP contribution < -0.4 is 10.0 Å². The van der Waals surface area contributed by atoms with Crippen molar-refractivity contribution in [2.24, 2.45) is 0 Å². The molecular weight excluding hydrogens is 445 g/mol. The van der Waals surface area contributed by atoms with Crippen molar-refractivity contribution in [2.75, 3.05) is 10.0 Å². The van der Waals surface area contributed by atoms with Crippen LogP contribution in [0, 0.1) is 12.7 Å². The number of hydrogen-bond donors (Lipinski definition) is 2. The van der Waals surface area contributed by atoms with Gasteiger partial charge in [-0.1, -0.05) is 18.2 Å². The summed E-state index contributed by atoms with van der Waals surface area (Å²) in [7, 11) is -4.02. The van der Waals surface area contributed by atoms with Gasteiger partial charge in [-0.3, -0.25) is 19.2 Å². The van der Waals surface area contributed by atoms with Crippen molar-refractivity contribution in [3.63, 3.8) is 0 Å². The molecule has 0 saturated carbocycles. The standard InChI is InChI=1S/C23H20FN5O3S/c1-16-7-8-20(13-21(16)24)33(31,32)28-19-6-2-5-18(12-19)23(30)26-22-9-11-29(27-22)15-17-4-3-10-25-14-17/h2-14,28H,15H2,1H3,(H,26,27,30). The van der Waals surface area contributed by atoms with E-state index >= 15 is 0 Å². The normalized spacial score (nSPS) is 11.2. The molecule has 2 heterocycles. The summed E-state index contributed by atoms with van der Waals surface area (Å²) in [5.41, 5.74) is 1.71. The average Bonchev–Trinajstić information content (AvgIpc) is 3.22. The van der Waals surface area contributed by atoms with Gasteiger partial charge in [-0.25, -0.2) is 12.8 Å². The first kappa shape index (κ1) is 22.2. The number of amides is 1. The van der Waals surface area contributed by atoms with Crippen molar-refractivity contribution >= 4 is 27.4 Å². The van der Waals surface area contributed by atoms with Gasteiger partial charge in [0.05, 0.1) is 11.4 Å². The lowest BCUT2D eigenvalue weighted by Crippen LogP contribution is -2.15. The zero-order valence-corrected chi connectivity index (χ0v) is 18.4. The van der Waals surface area contributed by atoms with Gasteiger partial charge < -0.3 is 5.32 Å². The van der Waals surface area contributed by atoms with Crippen LogP contribution in [0.25, 0.3) is 0 Å². The van der Waals surface area contributed by atoms with Crippen molar-refractivity contribution in [1.82, 2.24) is 14.8 Å². The molecule has 10 heteroatoms. The number of nitrogens with one attached hydrogen (secondary N) is 2. The lowest BCUT2D eigenvalue weighted by molar-refractivity contribution is 0.102. The molecular formula is C23H20FN5O3S. The monoisotopic (exact) mass is 465 g/mol. The maximum atomic E-state index is 13.8. The number of anilines is 2. The minimum absolute atomic E-state index is 0.172. The van der Waals surface area contributed by atoms with Crippen LogP contribution >= 0.6 is 0 Å². The Labute approximate surface area is 190 Å². The number of hydrogen-bond acceptors (Lipinski definition) is 5. The molecule has 4 rings (SSSR count). The largest absolute Gasteiger partial charge is 0.305 e. The fourth-order valence-corrected chi connectivity index (χ4v) is 4.12. The van der Waals surface area contributed by atoms with Crippen LogP contribution in [0.2, 0.25) is 0 Å². The molecule has 33 heavy (non-hydrogen) atoms. The third-order valence-corrected chi connectivity index (χ3v) is 6.16. The molecule has 2 N–H and O–H groups in total. The number of carbonyl (C=O) groups excluding carboxylic acids is 1. The van der Waals surface area contributed by atoms with E-state index in [9.17, 15) is 17.6 Å². The number of rotatable bonds is 7. The van der Waals surface area contributed by atoms with Crippen molar-refractivity contribution in [2.45, 2.75) is 18.4 Å². The molecule has 4 aromatic rings. The topological polar surface area (TPSA) is 106 Å². The summed E-state index contributed by atoms with van der Waals surface area (Å²) in [6, 6.07) is 15.1. The highest BCUT2D eigenvalue weighted by Crippen LogP contribution is 2.20. The van der Waals surface area contributed by atoms with Crippen LogP contribution in [0.5, 0.6) is 0 Å². The fraction of sp³-hybridized carbons (Fsp3) is 0.0870. The average molecular weight is 466 g/mol. The summed E-state index contributed by atoms with van der Waals surface area (Å²) in [5.74, 6) is -0.719. The number of benzene rings is 2. The molecule has 0 radical (unpaired) electrons. The smallest absolute Gasteiger partial charge is 0.261 e. The van der Waals surface area contributed by atoms with Gasteiger partial charge in [0.2, 0.25) is 0 Å². The van der Waals surface area contributed by atoms with Crippen molar-refractivity contribution < 1.29 is 17.6 Å². The molecule has 0 unspecified atom stereocenters. The molecule has 0 bridgehead atoms. The van der Waals surface area contributed by atoms with E-state index in [-0.39, 0.29) is 16.1 Å². The molecule has 0 saturated heterocycles. The Balaban J connectivity index is 1.45. The zero-order valence-electron chi connectivity index (χ0n) is 17.6. The molecule has 0 atom stereocenters. The number of aryl methyl sites for hydroxylation is 1. The number of pyridine rings is 1. The van der Waals surface area contributed by atoms with Crippen molar-refractivity contribution in [1.29, 1.82) is 0 Å². The highest BCUT2D eigenvalue weighted by atomic mass is 32.2. The van der Waals surface area contributed by atoms with Crippen LogP contribution in [0.4, 0.5) is 15.9 Å². The van der Waals surface area contributed by atoms with E-state index in [0.717, 1.165) is 11.6 Å². The first-order valence-corrected chi connectivity index (χ1v) is 11.4. The molecule has 0 spiro atoms. The van der Waals surface area contributed by atoms with E-state index < -0.39 is 21.7 Å². The molecule has 168 valence electrons. The first-order valence-electron chi connectivity index (χ1n) is 9.93. The third-order valence-electron chi connectivity index (χ3n) is 4.78. The van der Waals surface area contributed by atoms with Gasteiger partial charge in [0.15, 0.2) is 5.82 Å². The lowest BCUT2D eigenvalue weighted by atomic mass is 10.2. The number of sulfonamides is 1. The Kier molecular flexibility index (Phi) is 6.18. The van der Waals surface area contributed by atoms with Gasteiger partial charge in [-0.05, 0) is 54.4 Å². The van der Waals surface area contributed by atoms with Gasteiger partial charge in [0.25, 0.3) is 15.9 Å². The summed E-state index contributed by atoms with van der Waals surface area (Å²) in [6.45, 7) is 2.05. The molecule has 0 fully saturated rings. The second kappa shape index (κ2) is 9.21. The maximum absolute atomic E-state index is 13.8. The van der Waals surface area contributed by atoms with Crippen LogP contribution in [-0.4, -0.2) is 29.1 Å². The minimum atomic E-state index is -4.02. The molecule has 0 aliphatic carbocycles. The van der Waals surface area contributed by atoms with E-state index in [1.807, 2.05) is 12.1 Å². The summed E-state index contributed by atoms with van der Waals surface area (Å²) >= 11 is 0. The molecule has 0 aliphatic heterocycles. The van der Waals surface area contributed by atoms with Crippen LogP contribution in [0.3, 0.4) is 0 Å². The Morgan fingerprint density at radius 1 is 1.09 bits per heavy atom. The maximum Gasteiger partial charge on any atom is 0.261 e. The van der Waals surface area contributed by atoms with E-state index in [4.69, 9.17) is 0 Å². The highest BCUT2D eigenvalue weighted by molar-refractivity contribution is 7.92. The summed E-state index contributed by atoms with van der Waals surface area (Å²) in [4.78, 5) is 16.5. The van der Waals surface area contributed by atoms with Crippen LogP contribution in [-0.2, 0) is 16.6 Å². The minimum Gasteiger partial charge on any atom is -0.305 e. The molecule has 8 nitrogen and oxygen atoms in total. The molecule has 0 aliphatic rings. The SMILES string of the molecule is Cc1ccc(S(=O)(=O)Nc2cccc(C(=O)Nc3ccn(Cc4cccnc4)n3)c2)cc1F. The number of nitrogens with zero attached hydrogens (tertiary/aromatic N) is 3. The number of aromatic nitrogens is 3. The Morgan fingerprint density at radius 2 is 1.94 bits per heavy atom. The number of halogens is 1.